The van der Waals surface area contributed by atoms with Gasteiger partial charge in [-0.1, -0.05) is 29.3 Å². The van der Waals surface area contributed by atoms with Gasteiger partial charge >= 0.3 is 5.97 Å². The van der Waals surface area contributed by atoms with E-state index in [1.165, 1.54) is 12.3 Å². The van der Waals surface area contributed by atoms with Crippen LogP contribution in [0.4, 0.5) is 10.1 Å². The molecule has 0 spiro atoms. The van der Waals surface area contributed by atoms with Crippen LogP contribution in [0.5, 0.6) is 5.75 Å². The SMILES string of the molecule is CCOC(=O)CN1[C@H](C)CN(c2c(F)cc3c(=O)c(C(=O)NCc4ccc(Cl)cc4Cl)cn4c3c2OC[C@@H]4C)C[C@@H]1C. The number of carbonyl (C=O) groups excluding carboxylic acids is 2. The molecule has 1 N–H and O–H groups in total. The average Bonchev–Trinajstić information content (AvgIpc) is 2.93. The number of nitrogens with zero attached hydrogens (tertiary/aromatic N) is 3. The monoisotopic (exact) mass is 618 g/mol. The second kappa shape index (κ2) is 12.1. The van der Waals surface area contributed by atoms with Crippen molar-refractivity contribution in [2.24, 2.45) is 0 Å². The molecule has 2 aliphatic heterocycles. The highest BCUT2D eigenvalue weighted by Gasteiger charge is 2.36. The van der Waals surface area contributed by atoms with Gasteiger partial charge in [-0.25, -0.2) is 4.39 Å². The summed E-state index contributed by atoms with van der Waals surface area (Å²) in [6.07, 6.45) is 1.52. The van der Waals surface area contributed by atoms with Gasteiger partial charge in [0.15, 0.2) is 11.6 Å². The Labute approximate surface area is 253 Å². The summed E-state index contributed by atoms with van der Waals surface area (Å²) in [6, 6.07) is 5.76. The molecule has 42 heavy (non-hydrogen) atoms. The standard InChI is InChI=1S/C30H33Cl2FN4O5/c1-5-41-25(38)14-36-16(2)11-35(12-17(36)3)27-24(33)9-21-26-29(27)42-15-18(4)37(26)13-22(28(21)39)30(40)34-10-19-6-7-20(31)8-23(19)32/h6-9,13,16-18H,5,10-12,14-15H2,1-4H3,(H,34,40)/t16-,17+,18-/m0/s1. The Kier molecular flexibility index (Phi) is 8.68. The smallest absolute Gasteiger partial charge is 0.320 e. The Morgan fingerprint density at radius 1 is 1.12 bits per heavy atom. The van der Waals surface area contributed by atoms with Crippen LogP contribution in [0, 0.1) is 5.82 Å². The largest absolute Gasteiger partial charge is 0.487 e. The number of rotatable bonds is 7. The first-order chi connectivity index (χ1) is 20.0. The number of nitrogens with one attached hydrogen (secondary N) is 1. The summed E-state index contributed by atoms with van der Waals surface area (Å²) in [5, 5.41) is 3.67. The minimum atomic E-state index is -0.612. The quantitative estimate of drug-likeness (QED) is 0.380. The van der Waals surface area contributed by atoms with E-state index in [0.29, 0.717) is 40.8 Å². The summed E-state index contributed by atoms with van der Waals surface area (Å²) in [5.74, 6) is -1.23. The Morgan fingerprint density at radius 3 is 2.50 bits per heavy atom. The van der Waals surface area contributed by atoms with Gasteiger partial charge in [0.25, 0.3) is 5.91 Å². The third-order valence-corrected chi connectivity index (χ3v) is 8.46. The number of halogens is 3. The molecular formula is C30H33Cl2FN4O5. The van der Waals surface area contributed by atoms with Crippen molar-refractivity contribution in [3.8, 4) is 5.75 Å². The maximum Gasteiger partial charge on any atom is 0.320 e. The van der Waals surface area contributed by atoms with Crippen LogP contribution in [0.1, 0.15) is 49.7 Å². The lowest BCUT2D eigenvalue weighted by Gasteiger charge is -2.45. The minimum Gasteiger partial charge on any atom is -0.487 e. The van der Waals surface area contributed by atoms with Crippen molar-refractivity contribution >= 4 is 51.7 Å². The first-order valence-electron chi connectivity index (χ1n) is 13.9. The lowest BCUT2D eigenvalue weighted by Crippen LogP contribution is -2.58. The third-order valence-electron chi connectivity index (χ3n) is 7.88. The van der Waals surface area contributed by atoms with Crippen LogP contribution >= 0.6 is 23.2 Å². The first kappa shape index (κ1) is 30.1. The molecule has 5 rings (SSSR count). The molecule has 1 saturated heterocycles. The van der Waals surface area contributed by atoms with E-state index >= 15 is 4.39 Å². The highest BCUT2D eigenvalue weighted by Crippen LogP contribution is 2.42. The number of benzene rings is 2. The van der Waals surface area contributed by atoms with Crippen LogP contribution in [-0.2, 0) is 16.1 Å². The molecule has 0 bridgehead atoms. The molecule has 0 unspecified atom stereocenters. The Hall–Kier alpha value is -3.34. The summed E-state index contributed by atoms with van der Waals surface area (Å²) >= 11 is 12.2. The molecule has 3 aromatic rings. The van der Waals surface area contributed by atoms with E-state index in [-0.39, 0.29) is 66.2 Å². The zero-order valence-electron chi connectivity index (χ0n) is 23.9. The van der Waals surface area contributed by atoms with Crippen molar-refractivity contribution in [3.63, 3.8) is 0 Å². The summed E-state index contributed by atoms with van der Waals surface area (Å²) in [7, 11) is 0. The van der Waals surface area contributed by atoms with Gasteiger partial charge in [-0.15, -0.1) is 0 Å². The number of piperazine rings is 1. The maximum absolute atomic E-state index is 15.9. The zero-order valence-corrected chi connectivity index (χ0v) is 25.4. The van der Waals surface area contributed by atoms with Crippen molar-refractivity contribution < 1.29 is 23.5 Å². The highest BCUT2D eigenvalue weighted by atomic mass is 35.5. The molecule has 2 aliphatic rings. The molecule has 0 radical (unpaired) electrons. The summed E-state index contributed by atoms with van der Waals surface area (Å²) in [5.41, 5.74) is 0.663. The molecule has 2 aromatic carbocycles. The molecule has 0 aliphatic carbocycles. The van der Waals surface area contributed by atoms with E-state index in [4.69, 9.17) is 32.7 Å². The molecule has 9 nitrogen and oxygen atoms in total. The molecular weight excluding hydrogens is 586 g/mol. The number of carbonyl (C=O) groups is 2. The second-order valence-corrected chi connectivity index (χ2v) is 11.7. The van der Waals surface area contributed by atoms with Gasteiger partial charge in [0.05, 0.1) is 30.1 Å². The topological polar surface area (TPSA) is 93.1 Å². The predicted molar refractivity (Wildman–Crippen MR) is 160 cm³/mol. The van der Waals surface area contributed by atoms with Crippen LogP contribution in [0.15, 0.2) is 35.3 Å². The van der Waals surface area contributed by atoms with Crippen molar-refractivity contribution in [1.82, 2.24) is 14.8 Å². The fourth-order valence-electron chi connectivity index (χ4n) is 5.81. The van der Waals surface area contributed by atoms with Crippen LogP contribution in [0.3, 0.4) is 0 Å². The first-order valence-corrected chi connectivity index (χ1v) is 14.7. The summed E-state index contributed by atoms with van der Waals surface area (Å²) in [6.45, 7) is 9.30. The van der Waals surface area contributed by atoms with Gasteiger partial charge in [-0.3, -0.25) is 19.3 Å². The third kappa shape index (κ3) is 5.67. The number of hydrogen-bond donors (Lipinski definition) is 1. The van der Waals surface area contributed by atoms with Gasteiger partial charge in [0.1, 0.15) is 17.9 Å². The predicted octanol–water partition coefficient (Wildman–Crippen LogP) is 4.79. The fraction of sp³-hybridized carbons (Fsp3) is 0.433. The second-order valence-electron chi connectivity index (χ2n) is 10.9. The van der Waals surface area contributed by atoms with E-state index < -0.39 is 17.2 Å². The fourth-order valence-corrected chi connectivity index (χ4v) is 6.29. The van der Waals surface area contributed by atoms with Crippen molar-refractivity contribution in [1.29, 1.82) is 0 Å². The van der Waals surface area contributed by atoms with E-state index in [1.807, 2.05) is 35.1 Å². The van der Waals surface area contributed by atoms with E-state index in [0.717, 1.165) is 0 Å². The summed E-state index contributed by atoms with van der Waals surface area (Å²) < 4.78 is 29.0. The average molecular weight is 620 g/mol. The van der Waals surface area contributed by atoms with Crippen molar-refractivity contribution in [2.45, 2.75) is 52.4 Å². The number of anilines is 1. The van der Waals surface area contributed by atoms with E-state index in [2.05, 4.69) is 5.32 Å². The molecule has 1 amide bonds. The minimum absolute atomic E-state index is 0.0667. The maximum atomic E-state index is 15.9. The molecule has 0 saturated carbocycles. The number of pyridine rings is 1. The molecule has 3 atom stereocenters. The zero-order chi connectivity index (χ0) is 30.3. The van der Waals surface area contributed by atoms with E-state index in [1.54, 1.807) is 25.1 Å². The normalized spacial score (nSPS) is 20.4. The van der Waals surface area contributed by atoms with Crippen molar-refractivity contribution in [2.75, 3.05) is 37.7 Å². The Bertz CT molecular complexity index is 1600. The summed E-state index contributed by atoms with van der Waals surface area (Å²) in [4.78, 5) is 42.9. The van der Waals surface area contributed by atoms with Gasteiger partial charge in [-0.05, 0) is 51.5 Å². The molecule has 1 fully saturated rings. The van der Waals surface area contributed by atoms with Crippen LogP contribution in [-0.4, -0.2) is 66.3 Å². The number of amides is 1. The number of ether oxygens (including phenoxy) is 2. The van der Waals surface area contributed by atoms with Gasteiger partial charge in [0, 0.05) is 48.0 Å². The molecule has 3 heterocycles. The van der Waals surface area contributed by atoms with Gasteiger partial charge < -0.3 is 24.3 Å². The molecule has 12 heteroatoms. The number of hydrogen-bond acceptors (Lipinski definition) is 7. The molecule has 224 valence electrons. The highest BCUT2D eigenvalue weighted by molar-refractivity contribution is 6.35. The van der Waals surface area contributed by atoms with Crippen LogP contribution in [0.25, 0.3) is 10.9 Å². The van der Waals surface area contributed by atoms with Crippen LogP contribution < -0.4 is 20.4 Å². The van der Waals surface area contributed by atoms with Gasteiger partial charge in [-0.2, -0.15) is 0 Å². The van der Waals surface area contributed by atoms with Crippen LogP contribution in [0.2, 0.25) is 10.0 Å². The number of aromatic nitrogens is 1. The van der Waals surface area contributed by atoms with Gasteiger partial charge in [0.2, 0.25) is 5.43 Å². The van der Waals surface area contributed by atoms with Crippen molar-refractivity contribution in [3.05, 3.63) is 67.7 Å². The lowest BCUT2D eigenvalue weighted by atomic mass is 10.0. The number of esters is 1. The molecule has 1 aromatic heterocycles. The Balaban J connectivity index is 1.48. The van der Waals surface area contributed by atoms with E-state index in [9.17, 15) is 14.4 Å². The lowest BCUT2D eigenvalue weighted by molar-refractivity contribution is -0.145. The Morgan fingerprint density at radius 2 is 1.83 bits per heavy atom.